The summed E-state index contributed by atoms with van der Waals surface area (Å²) in [6.45, 7) is 3.74. The van der Waals surface area contributed by atoms with E-state index in [0.29, 0.717) is 36.9 Å². The van der Waals surface area contributed by atoms with Crippen molar-refractivity contribution in [2.45, 2.75) is 63.3 Å². The van der Waals surface area contributed by atoms with E-state index in [4.69, 9.17) is 0 Å². The monoisotopic (exact) mass is 533 g/mol. The molecule has 0 saturated carbocycles. The number of aryl methyl sites for hydroxylation is 2. The highest BCUT2D eigenvalue weighted by Crippen LogP contribution is 2.39. The van der Waals surface area contributed by atoms with Crippen LogP contribution in [0.5, 0.6) is 5.75 Å². The molecule has 0 spiro atoms. The SMILES string of the molecule is CCn1c2c(c3c(O)c(C(=O)NCCCCCNS(=O)(=O)c4cccc5ccccc45)ccc31)CCCC2. The Bertz CT molecular complexity index is 1590. The number of benzene rings is 3. The number of aromatic nitrogens is 1. The number of hydrogen-bond donors (Lipinski definition) is 3. The first kappa shape index (κ1) is 26.3. The Hall–Kier alpha value is -3.36. The van der Waals surface area contributed by atoms with Crippen LogP contribution in [-0.4, -0.2) is 37.1 Å². The number of nitrogens with zero attached hydrogens (tertiary/aromatic N) is 1. The molecule has 0 atom stereocenters. The first-order chi connectivity index (χ1) is 18.4. The zero-order valence-corrected chi connectivity index (χ0v) is 22.6. The third-order valence-corrected chi connectivity index (χ3v) is 9.06. The molecule has 3 aromatic carbocycles. The zero-order valence-electron chi connectivity index (χ0n) is 21.8. The van der Waals surface area contributed by atoms with Gasteiger partial charge in [-0.1, -0.05) is 42.8 Å². The Labute approximate surface area is 223 Å². The molecule has 0 radical (unpaired) electrons. The molecule has 38 heavy (non-hydrogen) atoms. The van der Waals surface area contributed by atoms with Gasteiger partial charge in [0.05, 0.1) is 16.0 Å². The zero-order chi connectivity index (χ0) is 26.7. The number of nitrogens with one attached hydrogen (secondary N) is 2. The highest BCUT2D eigenvalue weighted by Gasteiger charge is 2.24. The van der Waals surface area contributed by atoms with Gasteiger partial charge in [0.25, 0.3) is 5.91 Å². The van der Waals surface area contributed by atoms with Gasteiger partial charge in [0.15, 0.2) is 0 Å². The van der Waals surface area contributed by atoms with Gasteiger partial charge >= 0.3 is 0 Å². The Morgan fingerprint density at radius 2 is 1.71 bits per heavy atom. The van der Waals surface area contributed by atoms with E-state index in [1.54, 1.807) is 18.2 Å². The van der Waals surface area contributed by atoms with Crippen molar-refractivity contribution >= 4 is 37.6 Å². The van der Waals surface area contributed by atoms with Crippen LogP contribution in [0.2, 0.25) is 0 Å². The predicted molar refractivity (Wildman–Crippen MR) is 151 cm³/mol. The summed E-state index contributed by atoms with van der Waals surface area (Å²) in [6, 6.07) is 16.4. The first-order valence-corrected chi connectivity index (χ1v) is 15.0. The molecule has 5 rings (SSSR count). The fraction of sp³-hybridized carbons (Fsp3) is 0.367. The van der Waals surface area contributed by atoms with E-state index in [-0.39, 0.29) is 16.6 Å². The lowest BCUT2D eigenvalue weighted by Crippen LogP contribution is -2.26. The van der Waals surface area contributed by atoms with Crippen LogP contribution >= 0.6 is 0 Å². The maximum Gasteiger partial charge on any atom is 0.255 e. The van der Waals surface area contributed by atoms with Crippen LogP contribution < -0.4 is 10.0 Å². The van der Waals surface area contributed by atoms with E-state index in [1.807, 2.05) is 36.4 Å². The maximum absolute atomic E-state index is 12.9. The first-order valence-electron chi connectivity index (χ1n) is 13.5. The minimum Gasteiger partial charge on any atom is -0.506 e. The van der Waals surface area contributed by atoms with E-state index in [0.717, 1.165) is 54.9 Å². The number of hydrogen-bond acceptors (Lipinski definition) is 4. The molecule has 7 nitrogen and oxygen atoms in total. The summed E-state index contributed by atoms with van der Waals surface area (Å²) in [4.78, 5) is 13.2. The van der Waals surface area contributed by atoms with Gasteiger partial charge in [0.2, 0.25) is 10.0 Å². The minimum atomic E-state index is -3.61. The maximum atomic E-state index is 12.9. The molecule has 0 unspecified atom stereocenters. The van der Waals surface area contributed by atoms with Crippen molar-refractivity contribution in [2.75, 3.05) is 13.1 Å². The minimum absolute atomic E-state index is 0.0770. The van der Waals surface area contributed by atoms with Gasteiger partial charge in [-0.15, -0.1) is 0 Å². The molecule has 1 amide bonds. The van der Waals surface area contributed by atoms with E-state index in [9.17, 15) is 18.3 Å². The highest BCUT2D eigenvalue weighted by molar-refractivity contribution is 7.89. The summed E-state index contributed by atoms with van der Waals surface area (Å²) in [6.07, 6.45) is 6.33. The fourth-order valence-corrected chi connectivity index (χ4v) is 6.99. The number of unbranched alkanes of at least 4 members (excludes halogenated alkanes) is 2. The second kappa shape index (κ2) is 11.2. The van der Waals surface area contributed by atoms with Gasteiger partial charge in [0, 0.05) is 36.1 Å². The summed E-state index contributed by atoms with van der Waals surface area (Å²) >= 11 is 0. The molecular weight excluding hydrogens is 498 g/mol. The van der Waals surface area contributed by atoms with E-state index in [1.165, 1.54) is 11.3 Å². The van der Waals surface area contributed by atoms with Crippen LogP contribution in [-0.2, 0) is 29.4 Å². The van der Waals surface area contributed by atoms with Crippen molar-refractivity contribution in [1.82, 2.24) is 14.6 Å². The number of rotatable bonds is 10. The number of sulfonamides is 1. The largest absolute Gasteiger partial charge is 0.506 e. The Morgan fingerprint density at radius 1 is 0.947 bits per heavy atom. The number of carbonyl (C=O) groups excluding carboxylic acids is 1. The average Bonchev–Trinajstić information content (AvgIpc) is 3.26. The van der Waals surface area contributed by atoms with Crippen LogP contribution in [0.15, 0.2) is 59.5 Å². The van der Waals surface area contributed by atoms with Crippen LogP contribution in [0.25, 0.3) is 21.7 Å². The van der Waals surface area contributed by atoms with E-state index >= 15 is 0 Å². The van der Waals surface area contributed by atoms with Crippen LogP contribution in [0.4, 0.5) is 0 Å². The van der Waals surface area contributed by atoms with E-state index < -0.39 is 10.0 Å². The Balaban J connectivity index is 1.13. The summed E-state index contributed by atoms with van der Waals surface area (Å²) in [7, 11) is -3.61. The quantitative estimate of drug-likeness (QED) is 0.242. The van der Waals surface area contributed by atoms with Gasteiger partial charge in [-0.3, -0.25) is 4.79 Å². The number of amides is 1. The van der Waals surface area contributed by atoms with Crippen LogP contribution in [0.3, 0.4) is 0 Å². The third kappa shape index (κ3) is 5.02. The summed E-state index contributed by atoms with van der Waals surface area (Å²) in [5.41, 5.74) is 3.78. The fourth-order valence-electron chi connectivity index (χ4n) is 5.69. The third-order valence-electron chi connectivity index (χ3n) is 7.54. The summed E-state index contributed by atoms with van der Waals surface area (Å²) < 4.78 is 30.6. The average molecular weight is 534 g/mol. The molecule has 1 heterocycles. The summed E-state index contributed by atoms with van der Waals surface area (Å²) in [5.74, 6) is -0.206. The number of phenols is 1. The number of phenolic OH excluding ortho intramolecular Hbond substituents is 1. The molecular formula is C30H35N3O4S. The molecule has 0 bridgehead atoms. The molecule has 3 N–H and O–H groups in total. The Morgan fingerprint density at radius 3 is 2.55 bits per heavy atom. The second-order valence-corrected chi connectivity index (χ2v) is 11.7. The van der Waals surface area contributed by atoms with Gasteiger partial charge in [-0.25, -0.2) is 13.1 Å². The van der Waals surface area contributed by atoms with Gasteiger partial charge in [0.1, 0.15) is 5.75 Å². The lowest BCUT2D eigenvalue weighted by Gasteiger charge is -2.14. The van der Waals surface area contributed by atoms with Crippen molar-refractivity contribution < 1.29 is 18.3 Å². The molecule has 1 aliphatic rings. The van der Waals surface area contributed by atoms with Crippen LogP contribution in [0, 0.1) is 0 Å². The van der Waals surface area contributed by atoms with Gasteiger partial charge in [-0.05, 0) is 74.6 Å². The molecule has 8 heteroatoms. The van der Waals surface area contributed by atoms with Crippen molar-refractivity contribution in [1.29, 1.82) is 0 Å². The normalized spacial score (nSPS) is 13.6. The highest BCUT2D eigenvalue weighted by atomic mass is 32.2. The predicted octanol–water partition coefficient (Wildman–Crippen LogP) is 5.28. The lowest BCUT2D eigenvalue weighted by molar-refractivity contribution is 0.0950. The number of fused-ring (bicyclic) bond motifs is 4. The number of aromatic hydroxyl groups is 1. The molecule has 200 valence electrons. The van der Waals surface area contributed by atoms with Crippen LogP contribution in [0.1, 0.15) is 60.6 Å². The standard InChI is InChI=1S/C30H35N3O4S/c1-2-33-25-15-7-6-14-23(25)28-26(33)18-17-24(29(28)34)30(35)31-19-8-3-9-20-32-38(36,37)27-16-10-12-21-11-4-5-13-22(21)27/h4-5,10-13,16-18,32,34H,2-3,6-9,14-15,19-20H2,1H3,(H,31,35). The molecule has 0 aliphatic heterocycles. The van der Waals surface area contributed by atoms with E-state index in [2.05, 4.69) is 21.5 Å². The molecule has 0 saturated heterocycles. The van der Waals surface area contributed by atoms with Gasteiger partial charge in [-0.2, -0.15) is 0 Å². The molecule has 4 aromatic rings. The smallest absolute Gasteiger partial charge is 0.255 e. The second-order valence-electron chi connectivity index (χ2n) is 9.92. The molecule has 0 fully saturated rings. The number of carbonyl (C=O) groups is 1. The molecule has 1 aliphatic carbocycles. The van der Waals surface area contributed by atoms with Crippen molar-refractivity contribution in [3.8, 4) is 5.75 Å². The van der Waals surface area contributed by atoms with Gasteiger partial charge < -0.3 is 15.0 Å². The molecule has 1 aromatic heterocycles. The van der Waals surface area contributed by atoms with Crippen molar-refractivity contribution in [3.05, 3.63) is 71.4 Å². The topological polar surface area (TPSA) is 100 Å². The lowest BCUT2D eigenvalue weighted by atomic mass is 9.94. The summed E-state index contributed by atoms with van der Waals surface area (Å²) in [5, 5.41) is 16.4. The van der Waals surface area contributed by atoms with Crippen molar-refractivity contribution in [3.63, 3.8) is 0 Å². The van der Waals surface area contributed by atoms with Crippen molar-refractivity contribution in [2.24, 2.45) is 0 Å². The Kier molecular flexibility index (Phi) is 7.72.